The highest BCUT2D eigenvalue weighted by molar-refractivity contribution is 5.70. The number of aliphatic carboxylic acids is 3. The second-order valence-corrected chi connectivity index (χ2v) is 13.3. The molecule has 0 aliphatic carbocycles. The molecule has 0 radical (unpaired) electrons. The van der Waals surface area contributed by atoms with E-state index in [2.05, 4.69) is 19.1 Å². The number of carboxylic acid groups (broad SMARTS) is 3. The van der Waals surface area contributed by atoms with E-state index in [0.29, 0.717) is 25.8 Å². The average molecular weight is 624 g/mol. The number of rotatable bonds is 32. The van der Waals surface area contributed by atoms with Crippen molar-refractivity contribution in [2.75, 3.05) is 26.2 Å². The molecule has 44 heavy (non-hydrogen) atoms. The zero-order chi connectivity index (χ0) is 33.1. The third kappa shape index (κ3) is 21.0. The third-order valence-corrected chi connectivity index (χ3v) is 9.48. The number of nitrogens with zero attached hydrogens (tertiary/aromatic N) is 1. The molecule has 3 unspecified atom stereocenters. The number of carboxylic acids is 3. The smallest absolute Gasteiger partial charge is 0.312 e. The molecule has 2 N–H and O–H groups in total. The van der Waals surface area contributed by atoms with Crippen LogP contribution in [-0.2, 0) is 14.4 Å². The summed E-state index contributed by atoms with van der Waals surface area (Å²) in [5.41, 5.74) is 0. The SMILES string of the molecule is CCCCCCCCC/C=C/CCCCCCCCCCC[N+](CC(CC)C(=O)[O-])(CC(CC)C(=O)O)CC(CC)C(=O)O. The van der Waals surface area contributed by atoms with Crippen molar-refractivity contribution in [2.24, 2.45) is 17.8 Å². The summed E-state index contributed by atoms with van der Waals surface area (Å²) in [6.07, 6.45) is 28.3. The highest BCUT2D eigenvalue weighted by Gasteiger charge is 2.39. The predicted octanol–water partition coefficient (Wildman–Crippen LogP) is 8.40. The first-order valence-corrected chi connectivity index (χ1v) is 18.3. The molecule has 0 amide bonds. The molecule has 7 heteroatoms. The summed E-state index contributed by atoms with van der Waals surface area (Å²) in [5.74, 6) is -4.95. The van der Waals surface area contributed by atoms with Gasteiger partial charge in [0.1, 0.15) is 11.8 Å². The fourth-order valence-corrected chi connectivity index (χ4v) is 6.44. The monoisotopic (exact) mass is 624 g/mol. The van der Waals surface area contributed by atoms with E-state index in [4.69, 9.17) is 0 Å². The van der Waals surface area contributed by atoms with Gasteiger partial charge in [-0.2, -0.15) is 0 Å². The summed E-state index contributed by atoms with van der Waals surface area (Å²) >= 11 is 0. The van der Waals surface area contributed by atoms with E-state index < -0.39 is 35.7 Å². The molecule has 0 heterocycles. The van der Waals surface area contributed by atoms with Gasteiger partial charge in [-0.3, -0.25) is 9.59 Å². The lowest BCUT2D eigenvalue weighted by atomic mass is 9.95. The minimum absolute atomic E-state index is 0.218. The van der Waals surface area contributed by atoms with Crippen LogP contribution in [-0.4, -0.2) is 58.8 Å². The molecule has 0 bridgehead atoms. The maximum absolute atomic E-state index is 12.0. The van der Waals surface area contributed by atoms with Gasteiger partial charge in [-0.05, 0) is 57.8 Å². The van der Waals surface area contributed by atoms with Crippen molar-refractivity contribution >= 4 is 17.9 Å². The quantitative estimate of drug-likeness (QED) is 0.0442. The van der Waals surface area contributed by atoms with Crippen LogP contribution in [0.5, 0.6) is 0 Å². The first-order valence-electron chi connectivity index (χ1n) is 18.3. The van der Waals surface area contributed by atoms with E-state index >= 15 is 0 Å². The maximum atomic E-state index is 12.0. The molecule has 0 aromatic heterocycles. The molecule has 0 aromatic rings. The molecule has 0 aliphatic rings. The summed E-state index contributed by atoms with van der Waals surface area (Å²) in [7, 11) is 0. The van der Waals surface area contributed by atoms with Gasteiger partial charge < -0.3 is 24.6 Å². The molecule has 0 spiro atoms. The van der Waals surface area contributed by atoms with Gasteiger partial charge in [0.25, 0.3) is 0 Å². The second kappa shape index (κ2) is 27.4. The Kier molecular flexibility index (Phi) is 26.2. The number of hydrogen-bond acceptors (Lipinski definition) is 4. The van der Waals surface area contributed by atoms with Crippen molar-refractivity contribution in [3.05, 3.63) is 12.2 Å². The van der Waals surface area contributed by atoms with Crippen LogP contribution < -0.4 is 5.11 Å². The largest absolute Gasteiger partial charge is 0.550 e. The number of unbranched alkanes of at least 4 members (excludes halogenated alkanes) is 16. The fraction of sp³-hybridized carbons (Fsp3) is 0.865. The molecular weight excluding hydrogens is 554 g/mol. The van der Waals surface area contributed by atoms with Gasteiger partial charge in [-0.15, -0.1) is 0 Å². The molecule has 0 saturated carbocycles. The van der Waals surface area contributed by atoms with E-state index in [1.165, 1.54) is 89.9 Å². The highest BCUT2D eigenvalue weighted by Crippen LogP contribution is 2.25. The molecule has 0 aromatic carbocycles. The lowest BCUT2D eigenvalue weighted by Gasteiger charge is -2.44. The Labute approximate surface area is 270 Å². The number of hydrogen-bond donors (Lipinski definition) is 2. The van der Waals surface area contributed by atoms with Crippen molar-refractivity contribution in [3.8, 4) is 0 Å². The van der Waals surface area contributed by atoms with Crippen LogP contribution in [0.3, 0.4) is 0 Å². The third-order valence-electron chi connectivity index (χ3n) is 9.48. The van der Waals surface area contributed by atoms with Crippen LogP contribution in [0.4, 0.5) is 0 Å². The predicted molar refractivity (Wildman–Crippen MR) is 179 cm³/mol. The summed E-state index contributed by atoms with van der Waals surface area (Å²) in [6.45, 7) is 9.05. The molecular formula is C37H69NO6. The van der Waals surface area contributed by atoms with Crippen LogP contribution >= 0.6 is 0 Å². The van der Waals surface area contributed by atoms with Gasteiger partial charge in [0, 0.05) is 5.92 Å². The molecule has 0 rings (SSSR count). The minimum atomic E-state index is -1.14. The van der Waals surface area contributed by atoms with Crippen molar-refractivity contribution in [2.45, 2.75) is 163 Å². The van der Waals surface area contributed by atoms with E-state index in [-0.39, 0.29) is 24.1 Å². The second-order valence-electron chi connectivity index (χ2n) is 13.3. The summed E-state index contributed by atoms with van der Waals surface area (Å²) in [6, 6.07) is 0. The van der Waals surface area contributed by atoms with E-state index in [9.17, 15) is 29.7 Å². The van der Waals surface area contributed by atoms with Crippen LogP contribution in [0.1, 0.15) is 163 Å². The number of carbonyl (C=O) groups is 3. The van der Waals surface area contributed by atoms with Crippen molar-refractivity contribution < 1.29 is 34.2 Å². The first kappa shape index (κ1) is 42.1. The minimum Gasteiger partial charge on any atom is -0.550 e. The zero-order valence-electron chi connectivity index (χ0n) is 29.0. The molecule has 0 saturated heterocycles. The van der Waals surface area contributed by atoms with Crippen molar-refractivity contribution in [1.82, 2.24) is 0 Å². The van der Waals surface area contributed by atoms with Gasteiger partial charge in [-0.1, -0.05) is 117 Å². The standard InChI is InChI=1S/C37H69NO6/c1-5-9-10-11-12-13-14-15-16-17-18-19-20-21-22-23-24-25-26-27-28-38(29-32(6-2)35(39)40,30-33(7-3)36(41)42)31-34(8-4)37(43)44/h16-17,32-34H,5-15,18-31H2,1-4H3,(H2-,39,40,41,42,43,44)/b17-16+. The summed E-state index contributed by atoms with van der Waals surface area (Å²) in [4.78, 5) is 35.9. The fourth-order valence-electron chi connectivity index (χ4n) is 6.44. The van der Waals surface area contributed by atoms with Gasteiger partial charge in [-0.25, -0.2) is 0 Å². The van der Waals surface area contributed by atoms with Gasteiger partial charge in [0.05, 0.1) is 32.1 Å². The molecule has 258 valence electrons. The Morgan fingerprint density at radius 2 is 0.886 bits per heavy atom. The van der Waals surface area contributed by atoms with Crippen molar-refractivity contribution in [3.63, 3.8) is 0 Å². The Hall–Kier alpha value is -1.89. The van der Waals surface area contributed by atoms with E-state index in [1.54, 1.807) is 6.92 Å². The van der Waals surface area contributed by atoms with Crippen LogP contribution in [0, 0.1) is 17.8 Å². The van der Waals surface area contributed by atoms with Gasteiger partial charge in [0.2, 0.25) is 0 Å². The average Bonchev–Trinajstić information content (AvgIpc) is 2.99. The van der Waals surface area contributed by atoms with E-state index in [1.807, 2.05) is 13.8 Å². The molecule has 3 atom stereocenters. The summed E-state index contributed by atoms with van der Waals surface area (Å²) in [5, 5.41) is 31.5. The Balaban J connectivity index is 4.58. The van der Waals surface area contributed by atoms with Crippen LogP contribution in [0.2, 0.25) is 0 Å². The number of quaternary nitrogens is 1. The van der Waals surface area contributed by atoms with Crippen molar-refractivity contribution in [1.29, 1.82) is 0 Å². The van der Waals surface area contributed by atoms with Gasteiger partial charge >= 0.3 is 11.9 Å². The Bertz CT molecular complexity index is 707. The van der Waals surface area contributed by atoms with Gasteiger partial charge in [0.15, 0.2) is 0 Å². The lowest BCUT2D eigenvalue weighted by Crippen LogP contribution is -2.59. The first-order chi connectivity index (χ1) is 21.2. The summed E-state index contributed by atoms with van der Waals surface area (Å²) < 4.78 is 0.218. The zero-order valence-corrected chi connectivity index (χ0v) is 29.0. The topological polar surface area (TPSA) is 115 Å². The van der Waals surface area contributed by atoms with Crippen LogP contribution in [0.15, 0.2) is 12.2 Å². The Morgan fingerprint density at radius 1 is 0.545 bits per heavy atom. The van der Waals surface area contributed by atoms with E-state index in [0.717, 1.165) is 25.7 Å². The normalized spacial score (nSPS) is 15.2. The molecule has 0 fully saturated rings. The number of carbonyl (C=O) groups excluding carboxylic acids is 1. The van der Waals surface area contributed by atoms with Crippen LogP contribution in [0.25, 0.3) is 0 Å². The molecule has 7 nitrogen and oxygen atoms in total. The number of allylic oxidation sites excluding steroid dienone is 2. The Morgan fingerprint density at radius 3 is 1.23 bits per heavy atom. The lowest BCUT2D eigenvalue weighted by molar-refractivity contribution is -0.935. The maximum Gasteiger partial charge on any atom is 0.312 e. The molecule has 0 aliphatic heterocycles. The highest BCUT2D eigenvalue weighted by atomic mass is 16.4.